The van der Waals surface area contributed by atoms with E-state index < -0.39 is 5.82 Å². The van der Waals surface area contributed by atoms with E-state index in [0.717, 1.165) is 0 Å². The van der Waals surface area contributed by atoms with Crippen molar-refractivity contribution in [1.82, 2.24) is 5.32 Å². The molecule has 4 nitrogen and oxygen atoms in total. The van der Waals surface area contributed by atoms with E-state index in [-0.39, 0.29) is 42.6 Å². The molecule has 1 aromatic carbocycles. The molecule has 1 amide bonds. The lowest BCUT2D eigenvalue weighted by atomic mass is 9.85. The third kappa shape index (κ3) is 5.93. The van der Waals surface area contributed by atoms with Crippen molar-refractivity contribution in [2.45, 2.75) is 46.1 Å². The van der Waals surface area contributed by atoms with Crippen molar-refractivity contribution in [3.8, 4) is 0 Å². The predicted molar refractivity (Wildman–Crippen MR) is 83.1 cm³/mol. The van der Waals surface area contributed by atoms with Crippen LogP contribution in [0, 0.1) is 11.2 Å². The van der Waals surface area contributed by atoms with Crippen molar-refractivity contribution >= 4 is 11.7 Å². The van der Waals surface area contributed by atoms with Crippen LogP contribution in [0.15, 0.2) is 24.3 Å². The highest BCUT2D eigenvalue weighted by atomic mass is 19.1. The molecule has 0 saturated carbocycles. The Bertz CT molecular complexity index is 506. The Labute approximate surface area is 130 Å². The van der Waals surface area contributed by atoms with E-state index in [1.807, 2.05) is 20.8 Å². The average molecular weight is 309 g/mol. The Morgan fingerprint density at radius 2 is 1.77 bits per heavy atom. The van der Waals surface area contributed by atoms with Crippen LogP contribution in [0.1, 0.15) is 50.4 Å². The number of amides is 1. The molecule has 0 spiro atoms. The van der Waals surface area contributed by atoms with E-state index in [0.29, 0.717) is 12.0 Å². The molecule has 22 heavy (non-hydrogen) atoms. The average Bonchev–Trinajstić information content (AvgIpc) is 2.44. The fourth-order valence-electron chi connectivity index (χ4n) is 2.12. The zero-order chi connectivity index (χ0) is 16.8. The van der Waals surface area contributed by atoms with Gasteiger partial charge in [0.2, 0.25) is 5.91 Å². The molecule has 0 fully saturated rings. The normalized spacial score (nSPS) is 12.8. The van der Waals surface area contributed by atoms with Gasteiger partial charge in [0.15, 0.2) is 5.78 Å². The van der Waals surface area contributed by atoms with Gasteiger partial charge in [0.25, 0.3) is 0 Å². The van der Waals surface area contributed by atoms with Gasteiger partial charge in [-0.25, -0.2) is 4.39 Å². The van der Waals surface area contributed by atoms with Gasteiger partial charge in [0.05, 0.1) is 0 Å². The fourth-order valence-corrected chi connectivity index (χ4v) is 2.12. The lowest BCUT2D eigenvalue weighted by Crippen LogP contribution is -2.44. The summed E-state index contributed by atoms with van der Waals surface area (Å²) in [6.45, 7) is 5.95. The van der Waals surface area contributed by atoms with Crippen LogP contribution in [-0.4, -0.2) is 29.4 Å². The summed E-state index contributed by atoms with van der Waals surface area (Å²) in [7, 11) is 0. The first-order valence-corrected chi connectivity index (χ1v) is 7.43. The highest BCUT2D eigenvalue weighted by Gasteiger charge is 2.25. The molecule has 0 radical (unpaired) electrons. The Morgan fingerprint density at radius 1 is 1.18 bits per heavy atom. The van der Waals surface area contributed by atoms with Crippen molar-refractivity contribution in [3.63, 3.8) is 0 Å². The minimum Gasteiger partial charge on any atom is -0.396 e. The number of nitrogens with one attached hydrogen (secondary N) is 1. The van der Waals surface area contributed by atoms with Crippen molar-refractivity contribution in [1.29, 1.82) is 0 Å². The maximum atomic E-state index is 12.8. The highest BCUT2D eigenvalue weighted by Crippen LogP contribution is 2.21. The van der Waals surface area contributed by atoms with Crippen LogP contribution in [0.3, 0.4) is 0 Å². The number of Topliss-reactive ketones (excluding diaryl/α,β-unsaturated/α-hetero) is 1. The van der Waals surface area contributed by atoms with Crippen molar-refractivity contribution in [2.75, 3.05) is 6.61 Å². The van der Waals surface area contributed by atoms with Crippen LogP contribution in [0.2, 0.25) is 0 Å². The number of hydrogen-bond donors (Lipinski definition) is 2. The molecule has 0 bridgehead atoms. The van der Waals surface area contributed by atoms with Gasteiger partial charge in [-0.15, -0.1) is 0 Å². The van der Waals surface area contributed by atoms with Gasteiger partial charge in [-0.05, 0) is 36.1 Å². The Balaban J connectivity index is 2.51. The number of ketones is 1. The zero-order valence-electron chi connectivity index (χ0n) is 13.4. The van der Waals surface area contributed by atoms with E-state index in [9.17, 15) is 14.0 Å². The second-order valence-electron chi connectivity index (χ2n) is 6.43. The van der Waals surface area contributed by atoms with Crippen LogP contribution in [0.25, 0.3) is 0 Å². The molecule has 1 unspecified atom stereocenters. The topological polar surface area (TPSA) is 66.4 Å². The molecule has 1 atom stereocenters. The summed E-state index contributed by atoms with van der Waals surface area (Å²) in [5.41, 5.74) is 0.233. The van der Waals surface area contributed by atoms with Crippen LogP contribution in [0.4, 0.5) is 4.39 Å². The highest BCUT2D eigenvalue weighted by molar-refractivity contribution is 5.97. The van der Waals surface area contributed by atoms with Crippen LogP contribution >= 0.6 is 0 Å². The van der Waals surface area contributed by atoms with Crippen LogP contribution in [0.5, 0.6) is 0 Å². The Hall–Kier alpha value is -1.75. The third-order valence-electron chi connectivity index (χ3n) is 3.54. The van der Waals surface area contributed by atoms with E-state index in [1.54, 1.807) is 0 Å². The summed E-state index contributed by atoms with van der Waals surface area (Å²) < 4.78 is 12.8. The number of hydrogen-bond acceptors (Lipinski definition) is 3. The van der Waals surface area contributed by atoms with Crippen molar-refractivity contribution in [3.05, 3.63) is 35.6 Å². The first-order chi connectivity index (χ1) is 10.2. The summed E-state index contributed by atoms with van der Waals surface area (Å²) in [5, 5.41) is 11.9. The molecule has 0 aromatic heterocycles. The van der Waals surface area contributed by atoms with Gasteiger partial charge in [-0.1, -0.05) is 20.8 Å². The van der Waals surface area contributed by atoms with E-state index in [4.69, 9.17) is 5.11 Å². The Kier molecular flexibility index (Phi) is 6.68. The maximum Gasteiger partial charge on any atom is 0.220 e. The first-order valence-electron chi connectivity index (χ1n) is 7.43. The summed E-state index contributed by atoms with van der Waals surface area (Å²) in [6.07, 6.45) is 0.628. The molecular weight excluding hydrogens is 285 g/mol. The number of carbonyl (C=O) groups excluding carboxylic acids is 2. The number of halogens is 1. The monoisotopic (exact) mass is 309 g/mol. The summed E-state index contributed by atoms with van der Waals surface area (Å²) >= 11 is 0. The molecule has 0 saturated heterocycles. The SMILES string of the molecule is CC(C)(C)C(CCO)NC(=O)CCC(=O)c1ccc(F)cc1. The molecule has 0 aliphatic carbocycles. The zero-order valence-corrected chi connectivity index (χ0v) is 13.4. The van der Waals surface area contributed by atoms with Gasteiger partial charge in [0, 0.05) is 31.1 Å². The third-order valence-corrected chi connectivity index (χ3v) is 3.54. The predicted octanol–water partition coefficient (Wildman–Crippen LogP) is 2.70. The molecule has 0 aliphatic rings. The lowest BCUT2D eigenvalue weighted by Gasteiger charge is -2.31. The van der Waals surface area contributed by atoms with Gasteiger partial charge < -0.3 is 10.4 Å². The number of benzene rings is 1. The summed E-state index contributed by atoms with van der Waals surface area (Å²) in [5.74, 6) is -0.806. The number of carbonyl (C=O) groups is 2. The van der Waals surface area contributed by atoms with Crippen LogP contribution in [-0.2, 0) is 4.79 Å². The number of aliphatic hydroxyl groups is 1. The Morgan fingerprint density at radius 3 is 2.27 bits per heavy atom. The van der Waals surface area contributed by atoms with Crippen molar-refractivity contribution in [2.24, 2.45) is 5.41 Å². The van der Waals surface area contributed by atoms with Gasteiger partial charge in [-0.2, -0.15) is 0 Å². The molecule has 1 rings (SSSR count). The van der Waals surface area contributed by atoms with Crippen molar-refractivity contribution < 1.29 is 19.1 Å². The molecule has 5 heteroatoms. The maximum absolute atomic E-state index is 12.8. The smallest absolute Gasteiger partial charge is 0.220 e. The fraction of sp³-hybridized carbons (Fsp3) is 0.529. The van der Waals surface area contributed by atoms with Crippen LogP contribution < -0.4 is 5.32 Å². The molecule has 2 N–H and O–H groups in total. The molecule has 122 valence electrons. The quantitative estimate of drug-likeness (QED) is 0.761. The standard InChI is InChI=1S/C17H24FNO3/c1-17(2,3)15(10-11-20)19-16(22)9-8-14(21)12-4-6-13(18)7-5-12/h4-7,15,20H,8-11H2,1-3H3,(H,19,22). The van der Waals surface area contributed by atoms with E-state index >= 15 is 0 Å². The van der Waals surface area contributed by atoms with E-state index in [2.05, 4.69) is 5.32 Å². The molecular formula is C17H24FNO3. The van der Waals surface area contributed by atoms with Gasteiger partial charge >= 0.3 is 0 Å². The minimum atomic E-state index is -0.397. The largest absolute Gasteiger partial charge is 0.396 e. The molecule has 0 heterocycles. The van der Waals surface area contributed by atoms with Gasteiger partial charge in [0.1, 0.15) is 5.82 Å². The molecule has 1 aromatic rings. The summed E-state index contributed by atoms with van der Waals surface area (Å²) in [6, 6.07) is 5.14. The number of aliphatic hydroxyl groups excluding tert-OH is 1. The first kappa shape index (κ1) is 18.3. The second-order valence-corrected chi connectivity index (χ2v) is 6.43. The summed E-state index contributed by atoms with van der Waals surface area (Å²) in [4.78, 5) is 23.9. The van der Waals surface area contributed by atoms with Gasteiger partial charge in [-0.3, -0.25) is 9.59 Å². The second kappa shape index (κ2) is 8.03. The molecule has 0 aliphatic heterocycles. The van der Waals surface area contributed by atoms with E-state index in [1.165, 1.54) is 24.3 Å². The number of rotatable bonds is 7. The minimum absolute atomic E-state index is 0.00325. The lowest BCUT2D eigenvalue weighted by molar-refractivity contribution is -0.122.